The Morgan fingerprint density at radius 2 is 1.89 bits per heavy atom. The highest BCUT2D eigenvalue weighted by molar-refractivity contribution is 5.71. The molecule has 0 radical (unpaired) electrons. The highest BCUT2D eigenvalue weighted by atomic mass is 16.6. The Morgan fingerprint density at radius 3 is 2.50 bits per heavy atom. The number of rotatable bonds is 6. The number of ether oxygens (including phenoxy) is 2. The van der Waals surface area contributed by atoms with Crippen LogP contribution in [-0.4, -0.2) is 18.7 Å². The lowest BCUT2D eigenvalue weighted by Gasteiger charge is -2.15. The summed E-state index contributed by atoms with van der Waals surface area (Å²) >= 11 is 0. The van der Waals surface area contributed by atoms with Crippen LogP contribution < -0.4 is 4.74 Å². The summed E-state index contributed by atoms with van der Waals surface area (Å²) in [6.07, 6.45) is 0.933. The molecular formula is C15H22O3. The molecule has 1 rings (SSSR count). The average Bonchev–Trinajstić information content (AvgIpc) is 2.35. The number of hydrogen-bond acceptors (Lipinski definition) is 3. The molecule has 0 aromatic heterocycles. The number of carbonyl (C=O) groups is 1. The SMILES string of the molecule is CCC(C)c1ccccc1OCC(=O)OC(C)C. The highest BCUT2D eigenvalue weighted by Gasteiger charge is 2.12. The molecular weight excluding hydrogens is 228 g/mol. The Hall–Kier alpha value is -1.51. The Bertz CT molecular complexity index is 385. The van der Waals surface area contributed by atoms with E-state index >= 15 is 0 Å². The molecule has 0 saturated heterocycles. The molecule has 3 nitrogen and oxygen atoms in total. The van der Waals surface area contributed by atoms with Crippen LogP contribution in [0, 0.1) is 0 Å². The van der Waals surface area contributed by atoms with Gasteiger partial charge in [-0.3, -0.25) is 0 Å². The summed E-state index contributed by atoms with van der Waals surface area (Å²) in [5.74, 6) is 0.860. The van der Waals surface area contributed by atoms with Crippen LogP contribution in [0.15, 0.2) is 24.3 Å². The number of benzene rings is 1. The quantitative estimate of drug-likeness (QED) is 0.724. The molecule has 1 atom stereocenters. The Labute approximate surface area is 109 Å². The van der Waals surface area contributed by atoms with Crippen molar-refractivity contribution < 1.29 is 14.3 Å². The highest BCUT2D eigenvalue weighted by Crippen LogP contribution is 2.28. The summed E-state index contributed by atoms with van der Waals surface area (Å²) in [6, 6.07) is 7.83. The van der Waals surface area contributed by atoms with Crippen LogP contribution in [0.2, 0.25) is 0 Å². The van der Waals surface area contributed by atoms with E-state index in [1.807, 2.05) is 38.1 Å². The third-order valence-electron chi connectivity index (χ3n) is 2.77. The van der Waals surface area contributed by atoms with Gasteiger partial charge in [-0.05, 0) is 37.8 Å². The van der Waals surface area contributed by atoms with Gasteiger partial charge in [-0.25, -0.2) is 4.79 Å². The lowest BCUT2D eigenvalue weighted by Crippen LogP contribution is -2.19. The van der Waals surface area contributed by atoms with E-state index in [4.69, 9.17) is 9.47 Å². The van der Waals surface area contributed by atoms with Crippen molar-refractivity contribution in [1.29, 1.82) is 0 Å². The predicted octanol–water partition coefficient (Wildman–Crippen LogP) is 3.53. The van der Waals surface area contributed by atoms with Crippen LogP contribution in [0.25, 0.3) is 0 Å². The molecule has 0 aliphatic heterocycles. The maximum absolute atomic E-state index is 11.4. The first-order chi connectivity index (χ1) is 8.54. The van der Waals surface area contributed by atoms with Gasteiger partial charge in [0.25, 0.3) is 0 Å². The third kappa shape index (κ3) is 4.40. The topological polar surface area (TPSA) is 35.5 Å². The fourth-order valence-corrected chi connectivity index (χ4v) is 1.67. The van der Waals surface area contributed by atoms with Crippen molar-refractivity contribution in [1.82, 2.24) is 0 Å². The minimum Gasteiger partial charge on any atom is -0.482 e. The van der Waals surface area contributed by atoms with Crippen molar-refractivity contribution in [3.8, 4) is 5.75 Å². The second-order valence-electron chi connectivity index (χ2n) is 4.67. The molecule has 0 bridgehead atoms. The molecule has 18 heavy (non-hydrogen) atoms. The number of esters is 1. The van der Waals surface area contributed by atoms with Crippen LogP contribution in [0.5, 0.6) is 5.75 Å². The van der Waals surface area contributed by atoms with E-state index < -0.39 is 0 Å². The number of carbonyl (C=O) groups excluding carboxylic acids is 1. The predicted molar refractivity (Wildman–Crippen MR) is 71.9 cm³/mol. The van der Waals surface area contributed by atoms with Crippen LogP contribution in [-0.2, 0) is 9.53 Å². The van der Waals surface area contributed by atoms with Gasteiger partial charge in [0.15, 0.2) is 6.61 Å². The van der Waals surface area contributed by atoms with Crippen molar-refractivity contribution in [2.24, 2.45) is 0 Å². The van der Waals surface area contributed by atoms with Gasteiger partial charge in [0.2, 0.25) is 0 Å². The molecule has 0 saturated carbocycles. The van der Waals surface area contributed by atoms with Gasteiger partial charge < -0.3 is 9.47 Å². The Balaban J connectivity index is 2.64. The van der Waals surface area contributed by atoms with E-state index in [1.165, 1.54) is 0 Å². The standard InChI is InChI=1S/C15H22O3/c1-5-12(4)13-8-6-7-9-14(13)17-10-15(16)18-11(2)3/h6-9,11-12H,5,10H2,1-4H3. The van der Waals surface area contributed by atoms with Gasteiger partial charge in [-0.2, -0.15) is 0 Å². The molecule has 0 fully saturated rings. The van der Waals surface area contributed by atoms with Gasteiger partial charge in [-0.15, -0.1) is 0 Å². The fourth-order valence-electron chi connectivity index (χ4n) is 1.67. The smallest absolute Gasteiger partial charge is 0.344 e. The van der Waals surface area contributed by atoms with E-state index in [9.17, 15) is 4.79 Å². The van der Waals surface area contributed by atoms with Gasteiger partial charge >= 0.3 is 5.97 Å². The van der Waals surface area contributed by atoms with Crippen molar-refractivity contribution in [2.75, 3.05) is 6.61 Å². The zero-order chi connectivity index (χ0) is 13.5. The van der Waals surface area contributed by atoms with E-state index in [0.717, 1.165) is 17.7 Å². The summed E-state index contributed by atoms with van der Waals surface area (Å²) in [7, 11) is 0. The second-order valence-corrected chi connectivity index (χ2v) is 4.67. The van der Waals surface area contributed by atoms with Crippen molar-refractivity contribution >= 4 is 5.97 Å². The molecule has 1 unspecified atom stereocenters. The van der Waals surface area contributed by atoms with Gasteiger partial charge in [-0.1, -0.05) is 32.0 Å². The second kappa shape index (κ2) is 7.04. The van der Waals surface area contributed by atoms with Crippen molar-refractivity contribution in [2.45, 2.75) is 46.1 Å². The summed E-state index contributed by atoms with van der Waals surface area (Å²) in [5, 5.41) is 0. The maximum Gasteiger partial charge on any atom is 0.344 e. The minimum atomic E-state index is -0.330. The normalized spacial score (nSPS) is 12.3. The summed E-state index contributed by atoms with van der Waals surface area (Å²) in [5.41, 5.74) is 1.14. The molecule has 0 aliphatic rings. The van der Waals surface area contributed by atoms with E-state index in [-0.39, 0.29) is 18.7 Å². The van der Waals surface area contributed by atoms with E-state index in [2.05, 4.69) is 13.8 Å². The molecule has 0 N–H and O–H groups in total. The largest absolute Gasteiger partial charge is 0.482 e. The van der Waals surface area contributed by atoms with Gasteiger partial charge in [0.1, 0.15) is 5.75 Å². The van der Waals surface area contributed by atoms with E-state index in [1.54, 1.807) is 0 Å². The van der Waals surface area contributed by atoms with Crippen molar-refractivity contribution in [3.63, 3.8) is 0 Å². The maximum atomic E-state index is 11.4. The molecule has 0 amide bonds. The van der Waals surface area contributed by atoms with Crippen LogP contribution in [0.1, 0.15) is 45.6 Å². The molecule has 100 valence electrons. The zero-order valence-corrected chi connectivity index (χ0v) is 11.6. The average molecular weight is 250 g/mol. The molecule has 0 heterocycles. The molecule has 1 aromatic rings. The third-order valence-corrected chi connectivity index (χ3v) is 2.77. The first-order valence-electron chi connectivity index (χ1n) is 6.45. The minimum absolute atomic E-state index is 0.0361. The zero-order valence-electron chi connectivity index (χ0n) is 11.6. The molecule has 0 spiro atoms. The molecule has 1 aromatic carbocycles. The monoisotopic (exact) mass is 250 g/mol. The van der Waals surface area contributed by atoms with Crippen LogP contribution in [0.3, 0.4) is 0 Å². The lowest BCUT2D eigenvalue weighted by atomic mass is 9.98. The lowest BCUT2D eigenvalue weighted by molar-refractivity contribution is -0.149. The first-order valence-corrected chi connectivity index (χ1v) is 6.45. The van der Waals surface area contributed by atoms with Crippen molar-refractivity contribution in [3.05, 3.63) is 29.8 Å². The van der Waals surface area contributed by atoms with Crippen LogP contribution >= 0.6 is 0 Å². The van der Waals surface area contributed by atoms with Gasteiger partial charge in [0.05, 0.1) is 6.10 Å². The van der Waals surface area contributed by atoms with E-state index in [0.29, 0.717) is 5.92 Å². The number of hydrogen-bond donors (Lipinski definition) is 0. The Kier molecular flexibility index (Phi) is 5.69. The Morgan fingerprint density at radius 1 is 1.22 bits per heavy atom. The van der Waals surface area contributed by atoms with Gasteiger partial charge in [0, 0.05) is 0 Å². The van der Waals surface area contributed by atoms with Crippen LogP contribution in [0.4, 0.5) is 0 Å². The first kappa shape index (κ1) is 14.6. The fraction of sp³-hybridized carbons (Fsp3) is 0.533. The summed E-state index contributed by atoms with van der Waals surface area (Å²) < 4.78 is 10.6. The summed E-state index contributed by atoms with van der Waals surface area (Å²) in [4.78, 5) is 11.4. The molecule has 3 heteroatoms. The summed E-state index contributed by atoms with van der Waals surface area (Å²) in [6.45, 7) is 7.89. The molecule has 0 aliphatic carbocycles. The number of para-hydroxylation sites is 1.